The van der Waals surface area contributed by atoms with Gasteiger partial charge in [0.05, 0.1) is 6.61 Å². The van der Waals surface area contributed by atoms with Gasteiger partial charge in [0.25, 0.3) is 5.91 Å². The molecule has 4 aromatic carbocycles. The van der Waals surface area contributed by atoms with Gasteiger partial charge in [-0.25, -0.2) is 14.8 Å². The minimum atomic E-state index is -1.33. The molecule has 240 valence electrons. The fourth-order valence-corrected chi connectivity index (χ4v) is 6.33. The number of rotatable bonds is 15. The smallest absolute Gasteiger partial charge is 0.266 e. The molecule has 4 aromatic rings. The van der Waals surface area contributed by atoms with E-state index in [0.29, 0.717) is 43.2 Å². The summed E-state index contributed by atoms with van der Waals surface area (Å²) in [6, 6.07) is 29.4. The molecule has 46 heavy (non-hydrogen) atoms. The molecule has 0 saturated heterocycles. The summed E-state index contributed by atoms with van der Waals surface area (Å²) in [4.78, 5) is 19.4. The predicted octanol–water partition coefficient (Wildman–Crippen LogP) is 7.17. The molecule has 0 aromatic heterocycles. The van der Waals surface area contributed by atoms with Crippen LogP contribution in [0, 0.1) is 5.82 Å². The number of benzene rings is 4. The maximum atomic E-state index is 14.3. The van der Waals surface area contributed by atoms with Crippen LogP contribution < -0.4 is 15.6 Å². The molecule has 1 amide bonds. The number of nitrogens with one attached hydrogen (secondary N) is 2. The van der Waals surface area contributed by atoms with Crippen molar-refractivity contribution in [2.24, 2.45) is 4.99 Å². The maximum absolute atomic E-state index is 14.3. The van der Waals surface area contributed by atoms with Gasteiger partial charge in [-0.1, -0.05) is 68.3 Å². The van der Waals surface area contributed by atoms with Crippen LogP contribution in [0.15, 0.2) is 111 Å². The Kier molecular flexibility index (Phi) is 12.3. The molecule has 1 aliphatic rings. The van der Waals surface area contributed by atoms with E-state index in [1.54, 1.807) is 23.9 Å². The largest absolute Gasteiger partial charge is 0.494 e. The third-order valence-corrected chi connectivity index (χ3v) is 9.43. The third kappa shape index (κ3) is 8.98. The Morgan fingerprint density at radius 2 is 1.59 bits per heavy atom. The Morgan fingerprint density at radius 3 is 2.26 bits per heavy atom. The first-order valence-electron chi connectivity index (χ1n) is 14.8. The number of nitrogens with zero attached hydrogens (tertiary/aromatic N) is 1. The van der Waals surface area contributed by atoms with Crippen molar-refractivity contribution < 1.29 is 23.8 Å². The standard InChI is InChI=1S/C35H34Br2FN3O4S/c36-28-10-2-24(3-11-28)22-35(34(43)41-39-18-21-46-23-25-4-14-30(38)15-5-25)32(26-6-12-29(37)13-7-26)45-33(40-35)27-8-16-31(17-9-27)44-20-1-19-42/h2-17,32,39,42H,1,18-23H2,(H,41,43)/t32-,35-/m0/s1. The van der Waals surface area contributed by atoms with Gasteiger partial charge in [0.15, 0.2) is 11.6 Å². The van der Waals surface area contributed by atoms with Gasteiger partial charge in [-0.05, 0) is 77.4 Å². The van der Waals surface area contributed by atoms with E-state index in [9.17, 15) is 9.18 Å². The van der Waals surface area contributed by atoms with Crippen molar-refractivity contribution in [1.29, 1.82) is 0 Å². The minimum absolute atomic E-state index is 0.0619. The lowest BCUT2D eigenvalue weighted by atomic mass is 9.82. The summed E-state index contributed by atoms with van der Waals surface area (Å²) in [5, 5.41) is 9.06. The Hall–Kier alpha value is -3.22. The number of aliphatic hydroxyl groups excluding tert-OH is 1. The van der Waals surface area contributed by atoms with Crippen LogP contribution in [0.1, 0.15) is 34.8 Å². The molecule has 0 aliphatic carbocycles. The highest BCUT2D eigenvalue weighted by atomic mass is 79.9. The third-order valence-electron chi connectivity index (χ3n) is 7.34. The highest BCUT2D eigenvalue weighted by Gasteiger charge is 2.53. The van der Waals surface area contributed by atoms with Crippen LogP contribution in [-0.2, 0) is 21.7 Å². The summed E-state index contributed by atoms with van der Waals surface area (Å²) in [6.45, 7) is 0.990. The first-order chi connectivity index (χ1) is 22.4. The lowest BCUT2D eigenvalue weighted by Gasteiger charge is -2.31. The molecular formula is C35H34Br2FN3O4S. The number of carbonyl (C=O) groups is 1. The molecule has 3 N–H and O–H groups in total. The predicted molar refractivity (Wildman–Crippen MR) is 187 cm³/mol. The van der Waals surface area contributed by atoms with Crippen molar-refractivity contribution in [2.45, 2.75) is 30.2 Å². The quantitative estimate of drug-likeness (QED) is 0.0878. The number of aliphatic imine (C=N–C) groups is 1. The van der Waals surface area contributed by atoms with Gasteiger partial charge in [-0.15, -0.1) is 0 Å². The van der Waals surface area contributed by atoms with Gasteiger partial charge >= 0.3 is 0 Å². The number of halogens is 3. The Balaban J connectivity index is 1.39. The number of aliphatic hydroxyl groups is 1. The molecule has 1 heterocycles. The van der Waals surface area contributed by atoms with Crippen LogP contribution in [0.5, 0.6) is 5.75 Å². The average Bonchev–Trinajstić information content (AvgIpc) is 3.45. The molecule has 0 spiro atoms. The van der Waals surface area contributed by atoms with Crippen LogP contribution in [0.3, 0.4) is 0 Å². The summed E-state index contributed by atoms with van der Waals surface area (Å²) in [5.74, 6) is 1.93. The number of amides is 1. The van der Waals surface area contributed by atoms with E-state index in [1.165, 1.54) is 12.1 Å². The van der Waals surface area contributed by atoms with Crippen molar-refractivity contribution in [3.8, 4) is 5.75 Å². The number of carbonyl (C=O) groups excluding carboxylic acids is 1. The normalized spacial score (nSPS) is 17.3. The van der Waals surface area contributed by atoms with Crippen molar-refractivity contribution in [2.75, 3.05) is 25.5 Å². The molecule has 0 radical (unpaired) electrons. The Labute approximate surface area is 289 Å². The van der Waals surface area contributed by atoms with Gasteiger partial charge in [-0.2, -0.15) is 11.8 Å². The number of ether oxygens (including phenoxy) is 2. The van der Waals surface area contributed by atoms with Crippen LogP contribution in [0.25, 0.3) is 0 Å². The molecule has 7 nitrogen and oxygen atoms in total. The number of thioether (sulfide) groups is 1. The molecule has 0 bridgehead atoms. The van der Waals surface area contributed by atoms with Gasteiger partial charge in [-0.3, -0.25) is 10.2 Å². The van der Waals surface area contributed by atoms with E-state index in [0.717, 1.165) is 37.1 Å². The van der Waals surface area contributed by atoms with E-state index in [1.807, 2.05) is 72.8 Å². The second kappa shape index (κ2) is 16.6. The second-order valence-corrected chi connectivity index (χ2v) is 13.6. The van der Waals surface area contributed by atoms with E-state index in [4.69, 9.17) is 19.6 Å². The molecule has 5 rings (SSSR count). The van der Waals surface area contributed by atoms with Crippen LogP contribution >= 0.6 is 43.6 Å². The van der Waals surface area contributed by atoms with Gasteiger partial charge in [0.1, 0.15) is 11.6 Å². The van der Waals surface area contributed by atoms with Crippen molar-refractivity contribution in [3.63, 3.8) is 0 Å². The first kappa shape index (κ1) is 34.1. The first-order valence-corrected chi connectivity index (χ1v) is 17.6. The van der Waals surface area contributed by atoms with Crippen molar-refractivity contribution in [1.82, 2.24) is 10.9 Å². The fourth-order valence-electron chi connectivity index (χ4n) is 4.98. The molecule has 11 heteroatoms. The van der Waals surface area contributed by atoms with Gasteiger partial charge in [0.2, 0.25) is 5.90 Å². The topological polar surface area (TPSA) is 92.2 Å². The lowest BCUT2D eigenvalue weighted by Crippen LogP contribution is -2.54. The monoisotopic (exact) mass is 769 g/mol. The highest BCUT2D eigenvalue weighted by molar-refractivity contribution is 9.10. The molecular weight excluding hydrogens is 737 g/mol. The lowest BCUT2D eigenvalue weighted by molar-refractivity contribution is -0.130. The molecule has 2 atom stereocenters. The number of hydrogen-bond acceptors (Lipinski definition) is 7. The van der Waals surface area contributed by atoms with E-state index >= 15 is 0 Å². The summed E-state index contributed by atoms with van der Waals surface area (Å²) in [5.41, 5.74) is 8.18. The molecule has 0 fully saturated rings. The van der Waals surface area contributed by atoms with Gasteiger partial charge < -0.3 is 14.6 Å². The molecule has 1 aliphatic heterocycles. The zero-order valence-corrected chi connectivity index (χ0v) is 28.9. The minimum Gasteiger partial charge on any atom is -0.494 e. The average molecular weight is 772 g/mol. The number of hydrazine groups is 1. The van der Waals surface area contributed by atoms with Gasteiger partial charge in [0, 0.05) is 52.0 Å². The summed E-state index contributed by atoms with van der Waals surface area (Å²) >= 11 is 8.70. The zero-order chi connectivity index (χ0) is 32.4. The zero-order valence-electron chi connectivity index (χ0n) is 24.9. The van der Waals surface area contributed by atoms with E-state index in [-0.39, 0.29) is 18.3 Å². The van der Waals surface area contributed by atoms with Crippen LogP contribution in [0.2, 0.25) is 0 Å². The summed E-state index contributed by atoms with van der Waals surface area (Å²) < 4.78 is 27.3. The Bertz CT molecular complexity index is 1610. The molecule has 0 saturated carbocycles. The second-order valence-electron chi connectivity index (χ2n) is 10.7. The Morgan fingerprint density at radius 1 is 0.935 bits per heavy atom. The van der Waals surface area contributed by atoms with Crippen LogP contribution in [0.4, 0.5) is 4.39 Å². The summed E-state index contributed by atoms with van der Waals surface area (Å²) in [6.07, 6.45) is 0.121. The SMILES string of the molecule is O=C(NNCCSCc1ccc(F)cc1)[C@@]1(Cc2ccc(Br)cc2)N=C(c2ccc(OCCCO)cc2)O[C@H]1c1ccc(Br)cc1. The van der Waals surface area contributed by atoms with E-state index in [2.05, 4.69) is 42.7 Å². The van der Waals surface area contributed by atoms with Crippen molar-refractivity contribution in [3.05, 3.63) is 134 Å². The summed E-state index contributed by atoms with van der Waals surface area (Å²) in [7, 11) is 0. The number of hydrogen-bond donors (Lipinski definition) is 3. The highest BCUT2D eigenvalue weighted by Crippen LogP contribution is 2.43. The fraction of sp³-hybridized carbons (Fsp3) is 0.257. The van der Waals surface area contributed by atoms with Crippen LogP contribution in [-0.4, -0.2) is 48.0 Å². The molecule has 0 unspecified atom stereocenters. The van der Waals surface area contributed by atoms with E-state index < -0.39 is 11.6 Å². The van der Waals surface area contributed by atoms with Crippen molar-refractivity contribution >= 4 is 55.4 Å². The maximum Gasteiger partial charge on any atom is 0.266 e.